The van der Waals surface area contributed by atoms with Crippen LogP contribution in [0.2, 0.25) is 5.02 Å². The number of carbonyl (C=O) groups excluding carboxylic acids is 1. The summed E-state index contributed by atoms with van der Waals surface area (Å²) in [5.74, 6) is 0.0360. The molecule has 0 fully saturated rings. The fourth-order valence-corrected chi connectivity index (χ4v) is 3.97. The molecule has 5 rings (SSSR count). The van der Waals surface area contributed by atoms with Crippen LogP contribution in [0.5, 0.6) is 0 Å². The van der Waals surface area contributed by atoms with Crippen LogP contribution in [-0.4, -0.2) is 20.9 Å². The Bertz CT molecular complexity index is 1540. The van der Waals surface area contributed by atoms with E-state index in [4.69, 9.17) is 21.8 Å². The largest absolute Gasteiger partial charge is 0.435 e. The summed E-state index contributed by atoms with van der Waals surface area (Å²) in [6.45, 7) is -0.678. The third kappa shape index (κ3) is 4.40. The van der Waals surface area contributed by atoms with Crippen LogP contribution in [-0.2, 0) is 19.6 Å². The van der Waals surface area contributed by atoms with Gasteiger partial charge in [-0.05, 0) is 46.8 Å². The summed E-state index contributed by atoms with van der Waals surface area (Å²) in [4.78, 5) is 25.2. The van der Waals surface area contributed by atoms with Crippen molar-refractivity contribution in [2.24, 2.45) is 0 Å². The molecule has 5 aromatic rings. The molecule has 0 bridgehead atoms. The van der Waals surface area contributed by atoms with Gasteiger partial charge in [0.2, 0.25) is 5.76 Å². The van der Waals surface area contributed by atoms with Gasteiger partial charge in [0.05, 0.1) is 10.5 Å². The van der Waals surface area contributed by atoms with Crippen molar-refractivity contribution in [3.63, 3.8) is 0 Å². The van der Waals surface area contributed by atoms with Gasteiger partial charge in [-0.1, -0.05) is 29.8 Å². The quantitative estimate of drug-likeness (QED) is 0.358. The van der Waals surface area contributed by atoms with E-state index in [9.17, 15) is 9.18 Å². The number of carbonyl (C=O) groups is 1. The number of oxazole rings is 1. The molecule has 34 heavy (non-hydrogen) atoms. The first-order valence-corrected chi connectivity index (χ1v) is 10.9. The minimum absolute atomic E-state index is 0.0321. The van der Waals surface area contributed by atoms with Crippen LogP contribution < -0.4 is 11.1 Å². The Hall–Kier alpha value is -4.04. The predicted molar refractivity (Wildman–Crippen MR) is 128 cm³/mol. The Morgan fingerprint density at radius 1 is 1.06 bits per heavy atom. The maximum absolute atomic E-state index is 13.6. The highest BCUT2D eigenvalue weighted by Crippen LogP contribution is 2.22. The number of hydrogen-bond acceptors (Lipinski definition) is 6. The molecule has 1 amide bonds. The number of pyridine rings is 2. The smallest absolute Gasteiger partial charge is 0.289 e. The summed E-state index contributed by atoms with van der Waals surface area (Å²) in [6.07, 6.45) is 3.51. The Balaban J connectivity index is 1.32. The number of nitrogens with two attached hydrogens (primary N) is 1. The van der Waals surface area contributed by atoms with Crippen LogP contribution in [0.25, 0.3) is 21.7 Å². The minimum atomic E-state index is -0.911. The number of anilines is 1. The van der Waals surface area contributed by atoms with E-state index in [0.717, 1.165) is 32.8 Å². The fraction of sp³-hybridized carbons (Fsp3) is 0.120. The summed E-state index contributed by atoms with van der Waals surface area (Å²) in [5.41, 5.74) is 8.39. The third-order valence-corrected chi connectivity index (χ3v) is 5.66. The van der Waals surface area contributed by atoms with Gasteiger partial charge in [0.1, 0.15) is 18.2 Å². The zero-order valence-corrected chi connectivity index (χ0v) is 18.6. The molecule has 0 aliphatic rings. The molecule has 0 radical (unpaired) electrons. The molecule has 0 saturated carbocycles. The van der Waals surface area contributed by atoms with E-state index in [1.54, 1.807) is 12.4 Å². The second kappa shape index (κ2) is 9.07. The van der Waals surface area contributed by atoms with Gasteiger partial charge in [0.15, 0.2) is 5.89 Å². The van der Waals surface area contributed by atoms with Crippen LogP contribution >= 0.6 is 11.6 Å². The molecule has 3 heterocycles. The maximum Gasteiger partial charge on any atom is 0.289 e. The molecule has 170 valence electrons. The zero-order chi connectivity index (χ0) is 23.7. The van der Waals surface area contributed by atoms with Crippen LogP contribution in [0.1, 0.15) is 33.3 Å². The van der Waals surface area contributed by atoms with Gasteiger partial charge >= 0.3 is 0 Å². The third-order valence-electron chi connectivity index (χ3n) is 5.45. The number of amides is 1. The maximum atomic E-state index is 13.6. The van der Waals surface area contributed by atoms with Gasteiger partial charge in [-0.25, -0.2) is 14.4 Å². The molecule has 3 aromatic heterocycles. The van der Waals surface area contributed by atoms with Crippen molar-refractivity contribution in [3.05, 3.63) is 94.4 Å². The summed E-state index contributed by atoms with van der Waals surface area (Å²) in [7, 11) is 0. The van der Waals surface area contributed by atoms with E-state index in [2.05, 4.69) is 20.3 Å². The number of aromatic nitrogens is 3. The standard InChI is InChI=1S/C25H19ClFN5O2/c26-18-10-17-7-14(2-4-20(17)30-13-18)9-22-32-21(11-27)23(34-22)25(33)31-12-15-1-3-19-16(8-15)5-6-29-24(19)28/h1-8,10,13H,9,11-12H2,(H2,28,29)(H,31,33). The number of halogens is 2. The minimum Gasteiger partial charge on any atom is -0.435 e. The average Bonchev–Trinajstić information content (AvgIpc) is 3.25. The number of benzene rings is 2. The van der Waals surface area contributed by atoms with Crippen LogP contribution in [0, 0.1) is 0 Å². The number of hydrogen-bond donors (Lipinski definition) is 2. The van der Waals surface area contributed by atoms with E-state index >= 15 is 0 Å². The van der Waals surface area contributed by atoms with Crippen LogP contribution in [0.4, 0.5) is 10.2 Å². The molecule has 7 nitrogen and oxygen atoms in total. The molecule has 3 N–H and O–H groups in total. The van der Waals surface area contributed by atoms with E-state index in [0.29, 0.717) is 17.3 Å². The molecule has 0 aliphatic heterocycles. The Labute approximate surface area is 198 Å². The second-order valence-electron chi connectivity index (χ2n) is 7.81. The Kier molecular flexibility index (Phi) is 5.81. The molecule has 0 spiro atoms. The van der Waals surface area contributed by atoms with Gasteiger partial charge in [0, 0.05) is 36.1 Å². The summed E-state index contributed by atoms with van der Waals surface area (Å²) in [5, 5.41) is 5.92. The fourth-order valence-electron chi connectivity index (χ4n) is 3.81. The van der Waals surface area contributed by atoms with E-state index < -0.39 is 12.6 Å². The summed E-state index contributed by atoms with van der Waals surface area (Å²) < 4.78 is 19.2. The van der Waals surface area contributed by atoms with Gasteiger partial charge in [-0.3, -0.25) is 9.78 Å². The number of rotatable bonds is 6. The highest BCUT2D eigenvalue weighted by Gasteiger charge is 2.20. The lowest BCUT2D eigenvalue weighted by atomic mass is 10.1. The number of alkyl halides is 1. The summed E-state index contributed by atoms with van der Waals surface area (Å²) >= 11 is 6.03. The van der Waals surface area contributed by atoms with Crippen molar-refractivity contribution in [3.8, 4) is 0 Å². The molecule has 0 atom stereocenters. The van der Waals surface area contributed by atoms with Crippen LogP contribution in [0.15, 0.2) is 65.3 Å². The van der Waals surface area contributed by atoms with Gasteiger partial charge in [-0.15, -0.1) is 0 Å². The molecule has 2 aromatic carbocycles. The first-order valence-electron chi connectivity index (χ1n) is 10.5. The van der Waals surface area contributed by atoms with Gasteiger partial charge in [0.25, 0.3) is 5.91 Å². The number of nitrogens with zero attached hydrogens (tertiary/aromatic N) is 3. The Morgan fingerprint density at radius 2 is 1.88 bits per heavy atom. The molecule has 9 heteroatoms. The van der Waals surface area contributed by atoms with Crippen molar-refractivity contribution >= 4 is 45.0 Å². The molecular weight excluding hydrogens is 457 g/mol. The lowest BCUT2D eigenvalue weighted by molar-refractivity contribution is 0.0919. The topological polar surface area (TPSA) is 107 Å². The molecule has 0 unspecified atom stereocenters. The number of nitrogen functional groups attached to an aromatic ring is 1. The van der Waals surface area contributed by atoms with Crippen LogP contribution in [0.3, 0.4) is 0 Å². The normalized spacial score (nSPS) is 11.2. The second-order valence-corrected chi connectivity index (χ2v) is 8.25. The SMILES string of the molecule is Nc1nccc2cc(CNC(=O)c3oc(Cc4ccc5ncc(Cl)cc5c4)nc3CF)ccc12. The predicted octanol–water partition coefficient (Wildman–Crippen LogP) is 5.00. The van der Waals surface area contributed by atoms with E-state index in [1.165, 1.54) is 0 Å². The highest BCUT2D eigenvalue weighted by molar-refractivity contribution is 6.31. The number of nitrogens with one attached hydrogen (secondary N) is 1. The lowest BCUT2D eigenvalue weighted by Crippen LogP contribution is -2.23. The molecular formula is C25H19ClFN5O2. The zero-order valence-electron chi connectivity index (χ0n) is 17.9. The van der Waals surface area contributed by atoms with Crippen molar-refractivity contribution < 1.29 is 13.6 Å². The average molecular weight is 476 g/mol. The van der Waals surface area contributed by atoms with Gasteiger partial charge < -0.3 is 15.5 Å². The molecule has 0 saturated heterocycles. The monoisotopic (exact) mass is 475 g/mol. The van der Waals surface area contributed by atoms with Crippen molar-refractivity contribution in [2.45, 2.75) is 19.6 Å². The van der Waals surface area contributed by atoms with Crippen molar-refractivity contribution in [1.29, 1.82) is 0 Å². The van der Waals surface area contributed by atoms with E-state index in [-0.39, 0.29) is 23.9 Å². The van der Waals surface area contributed by atoms with Gasteiger partial charge in [-0.2, -0.15) is 0 Å². The summed E-state index contributed by atoms with van der Waals surface area (Å²) in [6, 6.07) is 14.9. The highest BCUT2D eigenvalue weighted by atomic mass is 35.5. The first-order chi connectivity index (χ1) is 16.5. The number of fused-ring (bicyclic) bond motifs is 2. The van der Waals surface area contributed by atoms with E-state index in [1.807, 2.05) is 48.5 Å². The van der Waals surface area contributed by atoms with Crippen molar-refractivity contribution in [1.82, 2.24) is 20.3 Å². The Morgan fingerprint density at radius 3 is 2.74 bits per heavy atom. The molecule has 0 aliphatic carbocycles. The lowest BCUT2D eigenvalue weighted by Gasteiger charge is -2.07. The first kappa shape index (κ1) is 21.8. The van der Waals surface area contributed by atoms with Crippen molar-refractivity contribution in [2.75, 3.05) is 5.73 Å².